The van der Waals surface area contributed by atoms with E-state index < -0.39 is 9.84 Å². The smallest absolute Gasteiger partial charge is 0.229 e. The van der Waals surface area contributed by atoms with Crippen molar-refractivity contribution in [2.24, 2.45) is 7.05 Å². The van der Waals surface area contributed by atoms with Gasteiger partial charge in [0.2, 0.25) is 5.95 Å². The van der Waals surface area contributed by atoms with Crippen LogP contribution in [0.2, 0.25) is 0 Å². The van der Waals surface area contributed by atoms with Crippen LogP contribution in [0.25, 0.3) is 11.0 Å². The Kier molecular flexibility index (Phi) is 6.65. The SMILES string of the molecule is COc1cc(N2CCN(C)CC2)ccc1Nc1nc(Nc2ccccc2S(C)(=O)=O)c2c(ccn2C)n1. The minimum atomic E-state index is -3.44. The molecule has 0 atom stereocenters. The van der Waals surface area contributed by atoms with Crippen LogP contribution < -0.4 is 20.3 Å². The van der Waals surface area contributed by atoms with E-state index in [0.29, 0.717) is 28.7 Å². The van der Waals surface area contributed by atoms with Gasteiger partial charge in [-0.1, -0.05) is 12.1 Å². The Morgan fingerprint density at radius 2 is 1.68 bits per heavy atom. The van der Waals surface area contributed by atoms with E-state index in [1.165, 1.54) is 6.26 Å². The van der Waals surface area contributed by atoms with Gasteiger partial charge in [-0.15, -0.1) is 0 Å². The van der Waals surface area contributed by atoms with E-state index >= 15 is 0 Å². The standard InChI is InChI=1S/C26H31N7O3S/c1-31-13-15-33(16-14-31)18-9-10-19(22(17-18)36-3)28-26-29-21-11-12-32(2)24(21)25(30-26)27-20-7-5-6-8-23(20)37(4,34)35/h5-12,17H,13-16H2,1-4H3,(H2,27,28,29,30). The number of nitrogens with one attached hydrogen (secondary N) is 2. The number of rotatable bonds is 7. The van der Waals surface area contributed by atoms with Crippen molar-refractivity contribution in [3.63, 3.8) is 0 Å². The Morgan fingerprint density at radius 1 is 0.919 bits per heavy atom. The summed E-state index contributed by atoms with van der Waals surface area (Å²) in [5.74, 6) is 1.54. The zero-order valence-electron chi connectivity index (χ0n) is 21.4. The summed E-state index contributed by atoms with van der Waals surface area (Å²) >= 11 is 0. The molecule has 1 fully saturated rings. The number of likely N-dealkylation sites (N-methyl/N-ethyl adjacent to an activating group) is 1. The average molecular weight is 522 g/mol. The number of hydrogen-bond donors (Lipinski definition) is 2. The number of benzene rings is 2. The van der Waals surface area contributed by atoms with Gasteiger partial charge in [-0.05, 0) is 37.4 Å². The molecule has 0 saturated carbocycles. The molecule has 0 spiro atoms. The minimum Gasteiger partial charge on any atom is -0.494 e. The number of aryl methyl sites for hydroxylation is 1. The van der Waals surface area contributed by atoms with Crippen molar-refractivity contribution in [1.82, 2.24) is 19.4 Å². The van der Waals surface area contributed by atoms with Crippen molar-refractivity contribution in [1.29, 1.82) is 0 Å². The van der Waals surface area contributed by atoms with E-state index in [9.17, 15) is 8.42 Å². The molecule has 0 bridgehead atoms. The normalized spacial score (nSPS) is 14.6. The van der Waals surface area contributed by atoms with Crippen LogP contribution >= 0.6 is 0 Å². The van der Waals surface area contributed by atoms with Crippen molar-refractivity contribution < 1.29 is 13.2 Å². The predicted octanol–water partition coefficient (Wildman–Crippen LogP) is 3.62. The molecule has 4 aromatic rings. The molecule has 1 aliphatic rings. The Morgan fingerprint density at radius 3 is 2.41 bits per heavy atom. The molecule has 0 unspecified atom stereocenters. The van der Waals surface area contributed by atoms with Gasteiger partial charge < -0.3 is 29.7 Å². The monoisotopic (exact) mass is 521 g/mol. The number of fused-ring (bicyclic) bond motifs is 1. The van der Waals surface area contributed by atoms with E-state index in [1.54, 1.807) is 31.4 Å². The third-order valence-electron chi connectivity index (χ3n) is 6.56. The Hall–Kier alpha value is -3.83. The van der Waals surface area contributed by atoms with Crippen LogP contribution in [-0.2, 0) is 16.9 Å². The highest BCUT2D eigenvalue weighted by Crippen LogP contribution is 2.34. The van der Waals surface area contributed by atoms with Gasteiger partial charge in [0.05, 0.1) is 28.9 Å². The van der Waals surface area contributed by atoms with Gasteiger partial charge in [-0.3, -0.25) is 0 Å². The second kappa shape index (κ2) is 9.91. The number of hydrogen-bond acceptors (Lipinski definition) is 9. The van der Waals surface area contributed by atoms with Crippen LogP contribution in [0.15, 0.2) is 59.6 Å². The lowest BCUT2D eigenvalue weighted by atomic mass is 10.2. The number of piperazine rings is 1. The van der Waals surface area contributed by atoms with Gasteiger partial charge in [-0.25, -0.2) is 13.4 Å². The largest absolute Gasteiger partial charge is 0.494 e. The molecule has 10 nitrogen and oxygen atoms in total. The fraction of sp³-hybridized carbons (Fsp3) is 0.308. The molecule has 2 aromatic heterocycles. The summed E-state index contributed by atoms with van der Waals surface area (Å²) in [7, 11) is 2.24. The summed E-state index contributed by atoms with van der Waals surface area (Å²) in [6, 6.07) is 14.7. The van der Waals surface area contributed by atoms with Crippen LogP contribution in [0.4, 0.5) is 28.8 Å². The second-order valence-corrected chi connectivity index (χ2v) is 11.2. The molecule has 194 valence electrons. The number of sulfone groups is 1. The van der Waals surface area contributed by atoms with Crippen LogP contribution in [-0.4, -0.2) is 74.4 Å². The molecule has 0 radical (unpaired) electrons. The zero-order chi connectivity index (χ0) is 26.2. The van der Waals surface area contributed by atoms with E-state index in [1.807, 2.05) is 36.0 Å². The number of ether oxygens (including phenoxy) is 1. The first-order chi connectivity index (χ1) is 17.7. The lowest BCUT2D eigenvalue weighted by Crippen LogP contribution is -2.44. The van der Waals surface area contributed by atoms with Gasteiger partial charge >= 0.3 is 0 Å². The number of anilines is 5. The Bertz CT molecular complexity index is 1540. The Labute approximate surface area is 216 Å². The summed E-state index contributed by atoms with van der Waals surface area (Å²) in [6.45, 7) is 3.96. The number of para-hydroxylation sites is 1. The summed E-state index contributed by atoms with van der Waals surface area (Å²) < 4.78 is 32.3. The third kappa shape index (κ3) is 5.18. The van der Waals surface area contributed by atoms with Crippen LogP contribution in [0.1, 0.15) is 0 Å². The van der Waals surface area contributed by atoms with E-state index in [-0.39, 0.29) is 4.90 Å². The number of methoxy groups -OCH3 is 1. The number of nitrogens with zero attached hydrogens (tertiary/aromatic N) is 5. The van der Waals surface area contributed by atoms with Gasteiger partial charge in [0.1, 0.15) is 11.3 Å². The van der Waals surface area contributed by atoms with Gasteiger partial charge in [0.15, 0.2) is 15.7 Å². The van der Waals surface area contributed by atoms with Crippen LogP contribution in [0.3, 0.4) is 0 Å². The highest BCUT2D eigenvalue weighted by Gasteiger charge is 2.19. The molecule has 37 heavy (non-hydrogen) atoms. The maximum Gasteiger partial charge on any atom is 0.229 e. The quantitative estimate of drug-likeness (QED) is 0.377. The topological polar surface area (TPSA) is 105 Å². The summed E-state index contributed by atoms with van der Waals surface area (Å²) in [5.41, 5.74) is 3.76. The highest BCUT2D eigenvalue weighted by molar-refractivity contribution is 7.90. The first kappa shape index (κ1) is 24.8. The molecule has 2 N–H and O–H groups in total. The van der Waals surface area contributed by atoms with Gasteiger partial charge in [0, 0.05) is 57.4 Å². The van der Waals surface area contributed by atoms with Crippen molar-refractivity contribution in [2.45, 2.75) is 4.90 Å². The lowest BCUT2D eigenvalue weighted by Gasteiger charge is -2.34. The predicted molar refractivity (Wildman–Crippen MR) is 147 cm³/mol. The van der Waals surface area contributed by atoms with Gasteiger partial charge in [0.25, 0.3) is 0 Å². The summed E-state index contributed by atoms with van der Waals surface area (Å²) in [5, 5.41) is 6.52. The molecule has 1 saturated heterocycles. The van der Waals surface area contributed by atoms with Crippen LogP contribution in [0, 0.1) is 0 Å². The van der Waals surface area contributed by atoms with Crippen molar-refractivity contribution in [3.05, 3.63) is 54.7 Å². The molecule has 11 heteroatoms. The summed E-state index contributed by atoms with van der Waals surface area (Å²) in [6.07, 6.45) is 3.08. The van der Waals surface area contributed by atoms with E-state index in [4.69, 9.17) is 9.72 Å². The molecule has 0 amide bonds. The Balaban J connectivity index is 1.49. The highest BCUT2D eigenvalue weighted by atomic mass is 32.2. The van der Waals surface area contributed by atoms with Crippen molar-refractivity contribution >= 4 is 49.7 Å². The first-order valence-corrected chi connectivity index (χ1v) is 13.9. The minimum absolute atomic E-state index is 0.201. The molecule has 1 aliphatic heterocycles. The lowest BCUT2D eigenvalue weighted by molar-refractivity contribution is 0.312. The maximum atomic E-state index is 12.4. The van der Waals surface area contributed by atoms with Crippen molar-refractivity contribution in [3.8, 4) is 5.75 Å². The zero-order valence-corrected chi connectivity index (χ0v) is 22.2. The fourth-order valence-electron chi connectivity index (χ4n) is 4.52. The molecule has 2 aromatic carbocycles. The van der Waals surface area contributed by atoms with E-state index in [2.05, 4.69) is 38.5 Å². The molecule has 5 rings (SSSR count). The molecule has 0 aliphatic carbocycles. The maximum absolute atomic E-state index is 12.4. The molecular weight excluding hydrogens is 490 g/mol. The van der Waals surface area contributed by atoms with Crippen LogP contribution in [0.5, 0.6) is 5.75 Å². The molecular formula is C26H31N7O3S. The van der Waals surface area contributed by atoms with E-state index in [0.717, 1.165) is 43.1 Å². The first-order valence-electron chi connectivity index (χ1n) is 12.0. The average Bonchev–Trinajstić information content (AvgIpc) is 3.25. The van der Waals surface area contributed by atoms with Gasteiger partial charge in [-0.2, -0.15) is 4.98 Å². The summed E-state index contributed by atoms with van der Waals surface area (Å²) in [4.78, 5) is 14.3. The molecule has 3 heterocycles. The second-order valence-electron chi connectivity index (χ2n) is 9.25. The third-order valence-corrected chi connectivity index (χ3v) is 7.71. The fourth-order valence-corrected chi connectivity index (χ4v) is 5.37. The number of aromatic nitrogens is 3. The van der Waals surface area contributed by atoms with Crippen molar-refractivity contribution in [2.75, 3.05) is 62.1 Å².